The van der Waals surface area contributed by atoms with Crippen LogP contribution in [0.15, 0.2) is 54.7 Å². The molecule has 0 saturated heterocycles. The summed E-state index contributed by atoms with van der Waals surface area (Å²) in [6, 6.07) is 13.8. The van der Waals surface area contributed by atoms with E-state index in [-0.39, 0.29) is 5.02 Å². The number of pyridine rings is 1. The Balaban J connectivity index is 2.08. The molecule has 1 heterocycles. The van der Waals surface area contributed by atoms with E-state index in [1.807, 2.05) is 30.3 Å². The zero-order valence-corrected chi connectivity index (χ0v) is 11.2. The van der Waals surface area contributed by atoms with Gasteiger partial charge in [-0.3, -0.25) is 4.98 Å². The molecular weight excluding hydrogens is 277 g/mol. The largest absolute Gasteiger partial charge is 0.384 e. The van der Waals surface area contributed by atoms with Crippen LogP contribution in [0.25, 0.3) is 10.9 Å². The number of aliphatic hydroxyl groups is 1. The number of halogens is 2. The molecule has 0 saturated carbocycles. The fraction of sp³-hybridized carbons (Fsp3) is 0.0625. The van der Waals surface area contributed by atoms with Gasteiger partial charge in [-0.15, -0.1) is 0 Å². The molecule has 0 aliphatic carbocycles. The van der Waals surface area contributed by atoms with Crippen LogP contribution < -0.4 is 0 Å². The van der Waals surface area contributed by atoms with Crippen LogP contribution in [0.3, 0.4) is 0 Å². The van der Waals surface area contributed by atoms with E-state index < -0.39 is 11.9 Å². The summed E-state index contributed by atoms with van der Waals surface area (Å²) >= 11 is 5.90. The highest BCUT2D eigenvalue weighted by atomic mass is 35.5. The Bertz CT molecular complexity index is 775. The van der Waals surface area contributed by atoms with E-state index in [1.165, 1.54) is 12.1 Å². The van der Waals surface area contributed by atoms with Gasteiger partial charge in [0.05, 0.1) is 10.5 Å². The lowest BCUT2D eigenvalue weighted by atomic mass is 10.0. The monoisotopic (exact) mass is 287 g/mol. The van der Waals surface area contributed by atoms with E-state index >= 15 is 0 Å². The third-order valence-electron chi connectivity index (χ3n) is 3.20. The maximum Gasteiger partial charge on any atom is 0.142 e. The minimum Gasteiger partial charge on any atom is -0.384 e. The second-order valence-electron chi connectivity index (χ2n) is 4.51. The maximum atomic E-state index is 13.4. The second kappa shape index (κ2) is 5.19. The number of hydrogen-bond acceptors (Lipinski definition) is 2. The van der Waals surface area contributed by atoms with Crippen LogP contribution in [-0.2, 0) is 0 Å². The van der Waals surface area contributed by atoms with Crippen molar-refractivity contribution in [3.8, 4) is 0 Å². The standard InChI is InChI=1S/C16H11ClFNO/c17-15-12(5-3-6-13(15)18)16(20)11-8-10-4-1-2-7-14(10)19-9-11/h1-9,16,20H. The van der Waals surface area contributed by atoms with E-state index in [0.29, 0.717) is 11.1 Å². The van der Waals surface area contributed by atoms with Crippen LogP contribution in [0.1, 0.15) is 17.2 Å². The van der Waals surface area contributed by atoms with Gasteiger partial charge in [0.25, 0.3) is 0 Å². The highest BCUT2D eigenvalue weighted by Gasteiger charge is 2.16. The van der Waals surface area contributed by atoms with Crippen molar-refractivity contribution in [2.75, 3.05) is 0 Å². The third-order valence-corrected chi connectivity index (χ3v) is 3.60. The fourth-order valence-electron chi connectivity index (χ4n) is 2.15. The zero-order valence-electron chi connectivity index (χ0n) is 10.4. The number of aliphatic hydroxyl groups excluding tert-OH is 1. The van der Waals surface area contributed by atoms with E-state index in [1.54, 1.807) is 12.3 Å². The number of para-hydroxylation sites is 1. The molecule has 0 bridgehead atoms. The molecule has 1 aromatic heterocycles. The lowest BCUT2D eigenvalue weighted by molar-refractivity contribution is 0.219. The Morgan fingerprint density at radius 3 is 2.75 bits per heavy atom. The maximum absolute atomic E-state index is 13.4. The molecule has 20 heavy (non-hydrogen) atoms. The van der Waals surface area contributed by atoms with Crippen LogP contribution in [-0.4, -0.2) is 10.1 Å². The summed E-state index contributed by atoms with van der Waals surface area (Å²) in [6.45, 7) is 0. The fourth-order valence-corrected chi connectivity index (χ4v) is 2.38. The zero-order chi connectivity index (χ0) is 14.1. The highest BCUT2D eigenvalue weighted by Crippen LogP contribution is 2.30. The summed E-state index contributed by atoms with van der Waals surface area (Å²) in [6.07, 6.45) is 0.573. The molecule has 0 spiro atoms. The number of fused-ring (bicyclic) bond motifs is 1. The Labute approximate surface area is 120 Å². The first-order valence-corrected chi connectivity index (χ1v) is 6.51. The first-order chi connectivity index (χ1) is 9.66. The lowest BCUT2D eigenvalue weighted by Gasteiger charge is -2.13. The van der Waals surface area contributed by atoms with Crippen LogP contribution in [0, 0.1) is 5.82 Å². The number of rotatable bonds is 2. The minimum absolute atomic E-state index is 0.0619. The van der Waals surface area contributed by atoms with Crippen molar-refractivity contribution in [3.05, 3.63) is 76.7 Å². The normalized spacial score (nSPS) is 12.6. The molecule has 100 valence electrons. The van der Waals surface area contributed by atoms with E-state index in [9.17, 15) is 9.50 Å². The molecule has 0 radical (unpaired) electrons. The van der Waals surface area contributed by atoms with Gasteiger partial charge in [-0.2, -0.15) is 0 Å². The molecule has 2 aromatic carbocycles. The lowest BCUT2D eigenvalue weighted by Crippen LogP contribution is -2.02. The molecule has 0 aliphatic heterocycles. The van der Waals surface area contributed by atoms with Gasteiger partial charge in [0.15, 0.2) is 0 Å². The van der Waals surface area contributed by atoms with Gasteiger partial charge in [-0.05, 0) is 18.2 Å². The predicted molar refractivity (Wildman–Crippen MR) is 77.2 cm³/mol. The summed E-state index contributed by atoms with van der Waals surface area (Å²) in [5.41, 5.74) is 1.76. The van der Waals surface area contributed by atoms with Crippen molar-refractivity contribution in [3.63, 3.8) is 0 Å². The molecule has 0 amide bonds. The van der Waals surface area contributed by atoms with E-state index in [4.69, 9.17) is 11.6 Å². The van der Waals surface area contributed by atoms with Crippen molar-refractivity contribution in [2.24, 2.45) is 0 Å². The van der Waals surface area contributed by atoms with E-state index in [0.717, 1.165) is 10.9 Å². The van der Waals surface area contributed by atoms with Crippen molar-refractivity contribution in [1.82, 2.24) is 4.98 Å². The number of hydrogen-bond donors (Lipinski definition) is 1. The molecule has 2 nitrogen and oxygen atoms in total. The second-order valence-corrected chi connectivity index (χ2v) is 4.88. The average Bonchev–Trinajstić information content (AvgIpc) is 2.49. The van der Waals surface area contributed by atoms with Gasteiger partial charge in [0, 0.05) is 22.7 Å². The van der Waals surface area contributed by atoms with Crippen LogP contribution in [0.5, 0.6) is 0 Å². The van der Waals surface area contributed by atoms with Gasteiger partial charge in [-0.25, -0.2) is 4.39 Å². The molecule has 1 N–H and O–H groups in total. The molecule has 4 heteroatoms. The predicted octanol–water partition coefficient (Wildman–Crippen LogP) is 4.11. The Morgan fingerprint density at radius 2 is 1.90 bits per heavy atom. The quantitative estimate of drug-likeness (QED) is 0.769. The molecule has 1 atom stereocenters. The summed E-state index contributed by atoms with van der Waals surface area (Å²) in [7, 11) is 0. The van der Waals surface area contributed by atoms with Gasteiger partial charge in [0.1, 0.15) is 11.9 Å². The SMILES string of the molecule is OC(c1cnc2ccccc2c1)c1cccc(F)c1Cl. The molecule has 0 aliphatic rings. The molecule has 0 fully saturated rings. The third kappa shape index (κ3) is 2.26. The topological polar surface area (TPSA) is 33.1 Å². The van der Waals surface area contributed by atoms with Gasteiger partial charge < -0.3 is 5.11 Å². The Morgan fingerprint density at radius 1 is 1.10 bits per heavy atom. The van der Waals surface area contributed by atoms with Gasteiger partial charge in [-0.1, -0.05) is 41.9 Å². The minimum atomic E-state index is -1.00. The molecular formula is C16H11ClFNO. The van der Waals surface area contributed by atoms with Crippen molar-refractivity contribution in [1.29, 1.82) is 0 Å². The van der Waals surface area contributed by atoms with Gasteiger partial charge in [0.2, 0.25) is 0 Å². The molecule has 1 unspecified atom stereocenters. The van der Waals surface area contributed by atoms with Crippen molar-refractivity contribution >= 4 is 22.5 Å². The first-order valence-electron chi connectivity index (χ1n) is 6.13. The van der Waals surface area contributed by atoms with Crippen LogP contribution >= 0.6 is 11.6 Å². The highest BCUT2D eigenvalue weighted by molar-refractivity contribution is 6.31. The van der Waals surface area contributed by atoms with Gasteiger partial charge >= 0.3 is 0 Å². The number of aromatic nitrogens is 1. The summed E-state index contributed by atoms with van der Waals surface area (Å²) in [5.74, 6) is -0.544. The smallest absolute Gasteiger partial charge is 0.142 e. The van der Waals surface area contributed by atoms with E-state index in [2.05, 4.69) is 4.98 Å². The van der Waals surface area contributed by atoms with Crippen LogP contribution in [0.4, 0.5) is 4.39 Å². The Kier molecular flexibility index (Phi) is 3.38. The Hall–Kier alpha value is -1.97. The summed E-state index contributed by atoms with van der Waals surface area (Å²) in [5, 5.41) is 11.2. The van der Waals surface area contributed by atoms with Crippen molar-refractivity contribution < 1.29 is 9.50 Å². The number of nitrogens with zero attached hydrogens (tertiary/aromatic N) is 1. The summed E-state index contributed by atoms with van der Waals surface area (Å²) in [4.78, 5) is 4.28. The van der Waals surface area contributed by atoms with Crippen molar-refractivity contribution in [2.45, 2.75) is 6.10 Å². The van der Waals surface area contributed by atoms with Crippen LogP contribution in [0.2, 0.25) is 5.02 Å². The average molecular weight is 288 g/mol. The molecule has 3 rings (SSSR count). The molecule has 3 aromatic rings. The number of benzene rings is 2. The summed E-state index contributed by atoms with van der Waals surface area (Å²) < 4.78 is 13.4. The first kappa shape index (κ1) is 13.0.